The predicted molar refractivity (Wildman–Crippen MR) is 138 cm³/mol. The molecule has 0 spiro atoms. The summed E-state index contributed by atoms with van der Waals surface area (Å²) >= 11 is 0. The molecular formula is C30H44O3. The van der Waals surface area contributed by atoms with Gasteiger partial charge in [-0.1, -0.05) is 108 Å². The van der Waals surface area contributed by atoms with Crippen molar-refractivity contribution in [2.45, 2.75) is 90.8 Å². The maximum atomic E-state index is 6.05. The van der Waals surface area contributed by atoms with Crippen LogP contribution in [-0.4, -0.2) is 19.8 Å². The van der Waals surface area contributed by atoms with Gasteiger partial charge in [0.1, 0.15) is 5.75 Å². The monoisotopic (exact) mass is 452 g/mol. The minimum absolute atomic E-state index is 0.233. The van der Waals surface area contributed by atoms with Crippen LogP contribution in [0.2, 0.25) is 0 Å². The highest BCUT2D eigenvalue weighted by Crippen LogP contribution is 2.30. The molecule has 0 aliphatic carbocycles. The summed E-state index contributed by atoms with van der Waals surface area (Å²) in [6, 6.07) is 17.0. The molecule has 0 atom stereocenters. The van der Waals surface area contributed by atoms with Crippen molar-refractivity contribution in [3.63, 3.8) is 0 Å². The second kappa shape index (κ2) is 15.1. The molecule has 0 radical (unpaired) electrons. The molecule has 1 fully saturated rings. The van der Waals surface area contributed by atoms with E-state index >= 15 is 0 Å². The molecule has 33 heavy (non-hydrogen) atoms. The molecule has 0 aromatic heterocycles. The van der Waals surface area contributed by atoms with Crippen molar-refractivity contribution < 1.29 is 14.2 Å². The second-order valence-corrected chi connectivity index (χ2v) is 9.48. The lowest BCUT2D eigenvalue weighted by atomic mass is 10.0. The highest BCUT2D eigenvalue weighted by atomic mass is 16.7. The highest BCUT2D eigenvalue weighted by Gasteiger charge is 2.23. The molecule has 3 nitrogen and oxygen atoms in total. The zero-order valence-electron chi connectivity index (χ0n) is 20.9. The van der Waals surface area contributed by atoms with Gasteiger partial charge in [0.25, 0.3) is 0 Å². The summed E-state index contributed by atoms with van der Waals surface area (Å²) in [6.07, 6.45) is 13.9. The lowest BCUT2D eigenvalue weighted by Crippen LogP contribution is -2.27. The Bertz CT molecular complexity index is 745. The Morgan fingerprint density at radius 2 is 1.21 bits per heavy atom. The van der Waals surface area contributed by atoms with E-state index in [2.05, 4.69) is 62.4 Å². The van der Waals surface area contributed by atoms with Gasteiger partial charge in [-0.3, -0.25) is 0 Å². The molecule has 2 aromatic carbocycles. The molecule has 0 amide bonds. The van der Waals surface area contributed by atoms with Gasteiger partial charge < -0.3 is 14.2 Å². The van der Waals surface area contributed by atoms with E-state index in [1.165, 1.54) is 75.3 Å². The van der Waals surface area contributed by atoms with Gasteiger partial charge in [-0.15, -0.1) is 0 Å². The van der Waals surface area contributed by atoms with Crippen LogP contribution in [0.1, 0.15) is 96.3 Å². The van der Waals surface area contributed by atoms with Gasteiger partial charge in [0.15, 0.2) is 6.29 Å². The van der Waals surface area contributed by atoms with E-state index in [0.29, 0.717) is 5.92 Å². The van der Waals surface area contributed by atoms with Crippen molar-refractivity contribution in [2.75, 3.05) is 19.8 Å². The standard InChI is InChI=1S/C30H44O3/c1-3-5-7-9-11-13-25-23-32-30(33-24-25)28-16-14-26(15-17-28)27-18-20-29(21-19-27)31-22-12-10-8-6-4-2/h14-21,25,30H,3-13,22-24H2,1-2H3. The molecule has 1 saturated heterocycles. The average Bonchev–Trinajstić information content (AvgIpc) is 2.87. The third-order valence-corrected chi connectivity index (χ3v) is 6.57. The topological polar surface area (TPSA) is 27.7 Å². The van der Waals surface area contributed by atoms with E-state index < -0.39 is 0 Å². The maximum absolute atomic E-state index is 6.05. The van der Waals surface area contributed by atoms with Crippen molar-refractivity contribution in [1.29, 1.82) is 0 Å². The number of ether oxygens (including phenoxy) is 3. The quantitative estimate of drug-likeness (QED) is 0.253. The number of benzene rings is 2. The number of rotatable bonds is 15. The first-order chi connectivity index (χ1) is 16.3. The van der Waals surface area contributed by atoms with Gasteiger partial charge in [0.2, 0.25) is 0 Å². The zero-order chi connectivity index (χ0) is 23.1. The molecular weight excluding hydrogens is 408 g/mol. The Balaban J connectivity index is 1.39. The lowest BCUT2D eigenvalue weighted by Gasteiger charge is -2.29. The maximum Gasteiger partial charge on any atom is 0.183 e. The average molecular weight is 453 g/mol. The number of unbranched alkanes of at least 4 members (excludes halogenated alkanes) is 8. The molecule has 0 saturated carbocycles. The highest BCUT2D eigenvalue weighted by molar-refractivity contribution is 5.64. The van der Waals surface area contributed by atoms with Crippen LogP contribution in [0.25, 0.3) is 11.1 Å². The van der Waals surface area contributed by atoms with Crippen LogP contribution in [0.5, 0.6) is 5.75 Å². The molecule has 1 heterocycles. The SMILES string of the molecule is CCCCCCCOc1ccc(-c2ccc(C3OCC(CCCCCCC)CO3)cc2)cc1. The van der Waals surface area contributed by atoms with E-state index in [9.17, 15) is 0 Å². The first-order valence-electron chi connectivity index (χ1n) is 13.4. The normalized spacial score (nSPS) is 18.4. The molecule has 3 heteroatoms. The Labute approximate surface area is 201 Å². The van der Waals surface area contributed by atoms with Gasteiger partial charge in [-0.25, -0.2) is 0 Å². The van der Waals surface area contributed by atoms with E-state index in [0.717, 1.165) is 37.6 Å². The van der Waals surface area contributed by atoms with Crippen LogP contribution in [0.4, 0.5) is 0 Å². The molecule has 2 aromatic rings. The smallest absolute Gasteiger partial charge is 0.183 e. The van der Waals surface area contributed by atoms with Gasteiger partial charge in [-0.2, -0.15) is 0 Å². The fourth-order valence-corrected chi connectivity index (χ4v) is 4.41. The van der Waals surface area contributed by atoms with Crippen LogP contribution < -0.4 is 4.74 Å². The largest absolute Gasteiger partial charge is 0.494 e. The van der Waals surface area contributed by atoms with Gasteiger partial charge in [0, 0.05) is 11.5 Å². The van der Waals surface area contributed by atoms with E-state index in [1.54, 1.807) is 0 Å². The lowest BCUT2D eigenvalue weighted by molar-refractivity contribution is -0.206. The molecule has 0 bridgehead atoms. The molecule has 0 unspecified atom stereocenters. The molecule has 1 aliphatic heterocycles. The van der Waals surface area contributed by atoms with Crippen molar-refractivity contribution in [3.05, 3.63) is 54.1 Å². The van der Waals surface area contributed by atoms with Crippen molar-refractivity contribution >= 4 is 0 Å². The third kappa shape index (κ3) is 9.14. The third-order valence-electron chi connectivity index (χ3n) is 6.57. The Morgan fingerprint density at radius 3 is 1.82 bits per heavy atom. The van der Waals surface area contributed by atoms with Crippen molar-refractivity contribution in [2.24, 2.45) is 5.92 Å². The first kappa shape index (κ1) is 25.8. The van der Waals surface area contributed by atoms with E-state index in [1.807, 2.05) is 0 Å². The fraction of sp³-hybridized carbons (Fsp3) is 0.600. The second-order valence-electron chi connectivity index (χ2n) is 9.48. The van der Waals surface area contributed by atoms with Crippen molar-refractivity contribution in [1.82, 2.24) is 0 Å². The summed E-state index contributed by atoms with van der Waals surface area (Å²) in [5.41, 5.74) is 3.50. The predicted octanol–water partition coefficient (Wildman–Crippen LogP) is 8.72. The molecule has 3 rings (SSSR count). The van der Waals surface area contributed by atoms with E-state index in [4.69, 9.17) is 14.2 Å². The Hall–Kier alpha value is -1.84. The molecule has 182 valence electrons. The van der Waals surface area contributed by atoms with Gasteiger partial charge in [0.05, 0.1) is 19.8 Å². The fourth-order valence-electron chi connectivity index (χ4n) is 4.41. The van der Waals surface area contributed by atoms with Crippen LogP contribution in [-0.2, 0) is 9.47 Å². The summed E-state index contributed by atoms with van der Waals surface area (Å²) < 4.78 is 18.0. The minimum atomic E-state index is -0.233. The Morgan fingerprint density at radius 1 is 0.667 bits per heavy atom. The van der Waals surface area contributed by atoms with Gasteiger partial charge >= 0.3 is 0 Å². The summed E-state index contributed by atoms with van der Waals surface area (Å²) in [5.74, 6) is 1.49. The molecule has 0 N–H and O–H groups in total. The van der Waals surface area contributed by atoms with E-state index in [-0.39, 0.29) is 6.29 Å². The first-order valence-corrected chi connectivity index (χ1v) is 13.4. The number of hydrogen-bond acceptors (Lipinski definition) is 3. The van der Waals surface area contributed by atoms with Crippen LogP contribution in [0, 0.1) is 5.92 Å². The summed E-state index contributed by atoms with van der Waals surface area (Å²) in [5, 5.41) is 0. The van der Waals surface area contributed by atoms with Crippen LogP contribution in [0.3, 0.4) is 0 Å². The minimum Gasteiger partial charge on any atom is -0.494 e. The summed E-state index contributed by atoms with van der Waals surface area (Å²) in [4.78, 5) is 0. The van der Waals surface area contributed by atoms with Crippen molar-refractivity contribution in [3.8, 4) is 16.9 Å². The van der Waals surface area contributed by atoms with Gasteiger partial charge in [-0.05, 0) is 36.1 Å². The number of hydrogen-bond donors (Lipinski definition) is 0. The zero-order valence-corrected chi connectivity index (χ0v) is 20.9. The Kier molecular flexibility index (Phi) is 11.8. The summed E-state index contributed by atoms with van der Waals surface area (Å²) in [6.45, 7) is 6.92. The summed E-state index contributed by atoms with van der Waals surface area (Å²) in [7, 11) is 0. The van der Waals surface area contributed by atoms with Crippen LogP contribution in [0.15, 0.2) is 48.5 Å². The van der Waals surface area contributed by atoms with Crippen LogP contribution >= 0.6 is 0 Å². The molecule has 1 aliphatic rings.